The van der Waals surface area contributed by atoms with Crippen molar-refractivity contribution in [2.24, 2.45) is 0 Å². The number of anilines is 1. The normalized spacial score (nSPS) is 16.7. The van der Waals surface area contributed by atoms with E-state index < -0.39 is 16.1 Å². The lowest BCUT2D eigenvalue weighted by atomic mass is 10.2. The summed E-state index contributed by atoms with van der Waals surface area (Å²) >= 11 is 1.56. The van der Waals surface area contributed by atoms with Gasteiger partial charge >= 0.3 is 0 Å². The van der Waals surface area contributed by atoms with E-state index in [4.69, 9.17) is 4.52 Å². The molecule has 1 atom stereocenters. The second-order valence-corrected chi connectivity index (χ2v) is 8.65. The van der Waals surface area contributed by atoms with E-state index >= 15 is 0 Å². The third-order valence-corrected chi connectivity index (χ3v) is 6.84. The number of thiazole rings is 1. The van der Waals surface area contributed by atoms with E-state index in [2.05, 4.69) is 19.8 Å². The molecule has 0 aliphatic carbocycles. The third kappa shape index (κ3) is 3.74. The van der Waals surface area contributed by atoms with Gasteiger partial charge in [-0.15, -0.1) is 11.3 Å². The maximum absolute atomic E-state index is 12.6. The van der Waals surface area contributed by atoms with Crippen LogP contribution < -0.4 is 9.62 Å². The fraction of sp³-hybridized carbons (Fsp3) is 0.533. The van der Waals surface area contributed by atoms with E-state index in [1.165, 1.54) is 6.92 Å². The van der Waals surface area contributed by atoms with E-state index in [1.807, 2.05) is 5.38 Å². The SMILES string of the molecule is Cc1noc(C)c1S(=O)(=O)N[C@@H](C)C(=O)N1CCN(c2nccs2)CC1. The molecule has 1 aliphatic rings. The zero-order chi connectivity index (χ0) is 18.9. The summed E-state index contributed by atoms with van der Waals surface area (Å²) in [5.41, 5.74) is 0.270. The minimum atomic E-state index is -3.88. The molecular formula is C15H21N5O4S2. The molecule has 1 aliphatic heterocycles. The summed E-state index contributed by atoms with van der Waals surface area (Å²) < 4.78 is 32.4. The van der Waals surface area contributed by atoms with Crippen molar-refractivity contribution >= 4 is 32.4 Å². The molecule has 1 N–H and O–H groups in total. The molecule has 0 radical (unpaired) electrons. The van der Waals surface area contributed by atoms with Gasteiger partial charge in [-0.1, -0.05) is 5.16 Å². The highest BCUT2D eigenvalue weighted by Crippen LogP contribution is 2.21. The molecule has 2 aromatic rings. The minimum Gasteiger partial charge on any atom is -0.360 e. The predicted molar refractivity (Wildman–Crippen MR) is 96.7 cm³/mol. The Labute approximate surface area is 156 Å². The van der Waals surface area contributed by atoms with Crippen molar-refractivity contribution in [1.29, 1.82) is 0 Å². The van der Waals surface area contributed by atoms with Gasteiger partial charge < -0.3 is 14.3 Å². The van der Waals surface area contributed by atoms with Crippen molar-refractivity contribution in [3.8, 4) is 0 Å². The molecule has 0 aromatic carbocycles. The number of amides is 1. The zero-order valence-electron chi connectivity index (χ0n) is 14.8. The Balaban J connectivity index is 1.62. The lowest BCUT2D eigenvalue weighted by molar-refractivity contribution is -0.132. The largest absolute Gasteiger partial charge is 0.360 e. The average molecular weight is 399 g/mol. The summed E-state index contributed by atoms with van der Waals surface area (Å²) in [6.07, 6.45) is 1.75. The van der Waals surface area contributed by atoms with Crippen LogP contribution in [0.3, 0.4) is 0 Å². The summed E-state index contributed by atoms with van der Waals surface area (Å²) in [4.78, 5) is 20.7. The lowest BCUT2D eigenvalue weighted by Gasteiger charge is -2.35. The van der Waals surface area contributed by atoms with Gasteiger partial charge in [-0.3, -0.25) is 4.79 Å². The number of piperazine rings is 1. The maximum atomic E-state index is 12.6. The number of aryl methyl sites for hydroxylation is 2. The number of hydrogen-bond donors (Lipinski definition) is 1. The summed E-state index contributed by atoms with van der Waals surface area (Å²) in [5, 5.41) is 6.51. The Morgan fingerprint density at radius 2 is 2.00 bits per heavy atom. The van der Waals surface area contributed by atoms with E-state index in [-0.39, 0.29) is 22.3 Å². The van der Waals surface area contributed by atoms with Crippen LogP contribution in [0.4, 0.5) is 5.13 Å². The topological polar surface area (TPSA) is 109 Å². The van der Waals surface area contributed by atoms with E-state index in [9.17, 15) is 13.2 Å². The molecule has 1 amide bonds. The molecule has 0 unspecified atom stereocenters. The zero-order valence-corrected chi connectivity index (χ0v) is 16.4. The molecule has 9 nitrogen and oxygen atoms in total. The Morgan fingerprint density at radius 1 is 1.31 bits per heavy atom. The highest BCUT2D eigenvalue weighted by atomic mass is 32.2. The number of nitrogens with zero attached hydrogens (tertiary/aromatic N) is 4. The molecule has 26 heavy (non-hydrogen) atoms. The van der Waals surface area contributed by atoms with Crippen LogP contribution in [0.25, 0.3) is 0 Å². The molecule has 142 valence electrons. The van der Waals surface area contributed by atoms with Gasteiger partial charge in [0.2, 0.25) is 15.9 Å². The van der Waals surface area contributed by atoms with Gasteiger partial charge in [0, 0.05) is 37.8 Å². The van der Waals surface area contributed by atoms with E-state index in [0.29, 0.717) is 26.2 Å². The first kappa shape index (κ1) is 18.8. The van der Waals surface area contributed by atoms with Crippen LogP contribution in [0.2, 0.25) is 0 Å². The Hall–Kier alpha value is -1.98. The van der Waals surface area contributed by atoms with Crippen LogP contribution in [-0.4, -0.2) is 61.6 Å². The molecule has 2 aromatic heterocycles. The van der Waals surface area contributed by atoms with Crippen LogP contribution >= 0.6 is 11.3 Å². The van der Waals surface area contributed by atoms with Crippen molar-refractivity contribution in [2.45, 2.75) is 31.7 Å². The number of hydrogen-bond acceptors (Lipinski definition) is 8. The second-order valence-electron chi connectivity index (χ2n) is 6.12. The summed E-state index contributed by atoms with van der Waals surface area (Å²) in [6.45, 7) is 7.01. The first-order chi connectivity index (χ1) is 12.3. The van der Waals surface area contributed by atoms with Crippen LogP contribution in [0.15, 0.2) is 21.0 Å². The van der Waals surface area contributed by atoms with Gasteiger partial charge in [0.15, 0.2) is 10.9 Å². The lowest BCUT2D eigenvalue weighted by Crippen LogP contribution is -2.54. The highest BCUT2D eigenvalue weighted by molar-refractivity contribution is 7.89. The van der Waals surface area contributed by atoms with Gasteiger partial charge in [0.05, 0.1) is 6.04 Å². The molecule has 3 rings (SSSR count). The number of carbonyl (C=O) groups excluding carboxylic acids is 1. The van der Waals surface area contributed by atoms with Gasteiger partial charge in [0.1, 0.15) is 10.6 Å². The van der Waals surface area contributed by atoms with Crippen molar-refractivity contribution in [3.63, 3.8) is 0 Å². The van der Waals surface area contributed by atoms with Crippen LogP contribution in [-0.2, 0) is 14.8 Å². The molecule has 0 spiro atoms. The number of carbonyl (C=O) groups is 1. The third-order valence-electron chi connectivity index (χ3n) is 4.22. The highest BCUT2D eigenvalue weighted by Gasteiger charge is 2.31. The van der Waals surface area contributed by atoms with Crippen molar-refractivity contribution in [2.75, 3.05) is 31.1 Å². The molecule has 0 saturated carbocycles. The average Bonchev–Trinajstić information content (AvgIpc) is 3.24. The summed E-state index contributed by atoms with van der Waals surface area (Å²) in [7, 11) is -3.88. The van der Waals surface area contributed by atoms with Crippen molar-refractivity contribution in [1.82, 2.24) is 19.8 Å². The van der Waals surface area contributed by atoms with Crippen LogP contribution in [0.5, 0.6) is 0 Å². The van der Waals surface area contributed by atoms with E-state index in [1.54, 1.807) is 36.3 Å². The predicted octanol–water partition coefficient (Wildman–Crippen LogP) is 0.764. The fourth-order valence-corrected chi connectivity index (χ4v) is 5.19. The molecule has 11 heteroatoms. The number of rotatable bonds is 5. The van der Waals surface area contributed by atoms with Gasteiger partial charge in [-0.2, -0.15) is 4.72 Å². The Kier molecular flexibility index (Phi) is 5.30. The van der Waals surface area contributed by atoms with Gasteiger partial charge in [-0.05, 0) is 20.8 Å². The monoisotopic (exact) mass is 399 g/mol. The molecule has 3 heterocycles. The Morgan fingerprint density at radius 3 is 2.54 bits per heavy atom. The molecular weight excluding hydrogens is 378 g/mol. The summed E-state index contributed by atoms with van der Waals surface area (Å²) in [5.74, 6) is -0.0502. The summed E-state index contributed by atoms with van der Waals surface area (Å²) in [6, 6.07) is -0.875. The van der Waals surface area contributed by atoms with E-state index in [0.717, 1.165) is 5.13 Å². The number of nitrogens with one attached hydrogen (secondary N) is 1. The molecule has 0 bridgehead atoms. The first-order valence-corrected chi connectivity index (χ1v) is 10.5. The van der Waals surface area contributed by atoms with Crippen LogP contribution in [0.1, 0.15) is 18.4 Å². The van der Waals surface area contributed by atoms with Crippen molar-refractivity contribution in [3.05, 3.63) is 23.0 Å². The standard InChI is InChI=1S/C15H21N5O4S2/c1-10-13(12(3)24-17-10)26(22,23)18-11(2)14(21)19-5-7-20(8-6-19)15-16-4-9-25-15/h4,9,11,18H,5-8H2,1-3H3/t11-/m0/s1. The van der Waals surface area contributed by atoms with Crippen LogP contribution in [0, 0.1) is 13.8 Å². The smallest absolute Gasteiger partial charge is 0.246 e. The number of aromatic nitrogens is 2. The first-order valence-electron chi connectivity index (χ1n) is 8.18. The molecule has 1 saturated heterocycles. The maximum Gasteiger partial charge on any atom is 0.246 e. The Bertz CT molecular complexity index is 850. The fourth-order valence-electron chi connectivity index (χ4n) is 2.96. The molecule has 1 fully saturated rings. The van der Waals surface area contributed by atoms with Gasteiger partial charge in [0.25, 0.3) is 0 Å². The number of sulfonamides is 1. The second kappa shape index (κ2) is 7.33. The quantitative estimate of drug-likeness (QED) is 0.791. The van der Waals surface area contributed by atoms with Gasteiger partial charge in [-0.25, -0.2) is 13.4 Å². The minimum absolute atomic E-state index is 0.00857. The van der Waals surface area contributed by atoms with Crippen molar-refractivity contribution < 1.29 is 17.7 Å².